The average Bonchev–Trinajstić information content (AvgIpc) is 3.33. The van der Waals surface area contributed by atoms with Crippen molar-refractivity contribution in [1.82, 2.24) is 14.8 Å². The van der Waals surface area contributed by atoms with E-state index in [1.807, 2.05) is 24.3 Å². The molecular formula is C34H42FN3O2. The number of para-hydroxylation sites is 1. The Labute approximate surface area is 238 Å². The lowest BCUT2D eigenvalue weighted by molar-refractivity contribution is -0.121. The van der Waals surface area contributed by atoms with Gasteiger partial charge in [0.05, 0.1) is 7.11 Å². The van der Waals surface area contributed by atoms with Crippen molar-refractivity contribution < 1.29 is 13.9 Å². The lowest BCUT2D eigenvalue weighted by atomic mass is 9.88. The zero-order chi connectivity index (χ0) is 28.5. The molecule has 0 unspecified atom stereocenters. The van der Waals surface area contributed by atoms with Crippen LogP contribution in [0.4, 0.5) is 4.39 Å². The minimum Gasteiger partial charge on any atom is -0.497 e. The molecule has 5 nitrogen and oxygen atoms in total. The Balaban J connectivity index is 1.58. The number of halogens is 1. The number of methoxy groups -OCH3 is 1. The Morgan fingerprint density at radius 2 is 1.70 bits per heavy atom. The van der Waals surface area contributed by atoms with Gasteiger partial charge in [0.1, 0.15) is 11.6 Å². The van der Waals surface area contributed by atoms with Crippen molar-refractivity contribution >= 4 is 16.8 Å². The van der Waals surface area contributed by atoms with Crippen LogP contribution in [-0.2, 0) is 11.3 Å². The molecule has 0 spiro atoms. The van der Waals surface area contributed by atoms with E-state index in [4.69, 9.17) is 4.74 Å². The molecule has 4 rings (SSSR count). The van der Waals surface area contributed by atoms with Gasteiger partial charge in [-0.3, -0.25) is 4.79 Å². The van der Waals surface area contributed by atoms with Gasteiger partial charge in [-0.2, -0.15) is 0 Å². The third-order valence-electron chi connectivity index (χ3n) is 7.78. The predicted molar refractivity (Wildman–Crippen MR) is 162 cm³/mol. The molecule has 0 bridgehead atoms. The summed E-state index contributed by atoms with van der Waals surface area (Å²) in [5.41, 5.74) is 4.26. The number of fused-ring (bicyclic) bond motifs is 1. The van der Waals surface area contributed by atoms with Crippen LogP contribution in [0.2, 0.25) is 0 Å². The molecule has 0 fully saturated rings. The van der Waals surface area contributed by atoms with E-state index in [1.165, 1.54) is 12.1 Å². The molecule has 0 saturated heterocycles. The molecule has 1 N–H and O–H groups in total. The molecule has 0 aliphatic carbocycles. The number of benzene rings is 3. The average molecular weight is 544 g/mol. The molecule has 0 aliphatic rings. The second kappa shape index (κ2) is 14.1. The van der Waals surface area contributed by atoms with Crippen LogP contribution in [0.3, 0.4) is 0 Å². The van der Waals surface area contributed by atoms with E-state index >= 15 is 0 Å². The van der Waals surface area contributed by atoms with Gasteiger partial charge in [0.2, 0.25) is 5.91 Å². The van der Waals surface area contributed by atoms with Crippen molar-refractivity contribution in [3.8, 4) is 5.75 Å². The topological polar surface area (TPSA) is 46.5 Å². The van der Waals surface area contributed by atoms with E-state index in [-0.39, 0.29) is 23.7 Å². The van der Waals surface area contributed by atoms with Gasteiger partial charge in [0.25, 0.3) is 0 Å². The highest BCUT2D eigenvalue weighted by Gasteiger charge is 2.24. The highest BCUT2D eigenvalue weighted by Crippen LogP contribution is 2.35. The van der Waals surface area contributed by atoms with Crippen molar-refractivity contribution in [2.24, 2.45) is 0 Å². The molecule has 1 heterocycles. The van der Waals surface area contributed by atoms with Crippen LogP contribution in [-0.4, -0.2) is 48.2 Å². The van der Waals surface area contributed by atoms with Crippen LogP contribution in [0.1, 0.15) is 62.6 Å². The molecule has 6 heteroatoms. The molecular weight excluding hydrogens is 501 g/mol. The Kier molecular flexibility index (Phi) is 10.4. The summed E-state index contributed by atoms with van der Waals surface area (Å²) in [6, 6.07) is 23.0. The van der Waals surface area contributed by atoms with E-state index < -0.39 is 0 Å². The zero-order valence-corrected chi connectivity index (χ0v) is 24.2. The summed E-state index contributed by atoms with van der Waals surface area (Å²) in [6.45, 7) is 10.3. The molecule has 0 radical (unpaired) electrons. The maximum absolute atomic E-state index is 13.9. The Morgan fingerprint density at radius 1 is 1.00 bits per heavy atom. The monoisotopic (exact) mass is 543 g/mol. The number of amides is 1. The van der Waals surface area contributed by atoms with Crippen molar-refractivity contribution in [3.05, 3.63) is 102 Å². The molecule has 212 valence electrons. The van der Waals surface area contributed by atoms with Gasteiger partial charge < -0.3 is 19.5 Å². The largest absolute Gasteiger partial charge is 0.497 e. The zero-order valence-electron chi connectivity index (χ0n) is 24.2. The van der Waals surface area contributed by atoms with Crippen LogP contribution in [0.15, 0.2) is 79.0 Å². The number of rotatable bonds is 14. The predicted octanol–water partition coefficient (Wildman–Crippen LogP) is 6.99. The minimum atomic E-state index is -0.282. The van der Waals surface area contributed by atoms with E-state index in [0.29, 0.717) is 13.0 Å². The van der Waals surface area contributed by atoms with Gasteiger partial charge in [-0.05, 0) is 86.4 Å². The number of aromatic nitrogens is 1. The first-order valence-corrected chi connectivity index (χ1v) is 14.4. The Hall–Kier alpha value is -3.64. The van der Waals surface area contributed by atoms with Crippen molar-refractivity contribution in [2.45, 2.75) is 58.5 Å². The first-order chi connectivity index (χ1) is 19.4. The molecule has 1 amide bonds. The summed E-state index contributed by atoms with van der Waals surface area (Å²) in [7, 11) is 1.67. The SMILES string of the molecule is CCN(CC)CCC[C@H](C)NC(=O)C[C@H](c1ccc(F)cc1)c1cn(Cc2ccc(OC)cc2)c2ccccc12. The normalized spacial score (nSPS) is 12.9. The van der Waals surface area contributed by atoms with E-state index in [1.54, 1.807) is 19.2 Å². The highest BCUT2D eigenvalue weighted by molar-refractivity contribution is 5.87. The molecule has 40 heavy (non-hydrogen) atoms. The molecule has 3 aromatic carbocycles. The van der Waals surface area contributed by atoms with Crippen molar-refractivity contribution in [3.63, 3.8) is 0 Å². The smallest absolute Gasteiger partial charge is 0.221 e. The summed E-state index contributed by atoms with van der Waals surface area (Å²) < 4.78 is 21.4. The number of carbonyl (C=O) groups is 1. The summed E-state index contributed by atoms with van der Waals surface area (Å²) in [5.74, 6) is 0.351. The van der Waals surface area contributed by atoms with Gasteiger partial charge in [-0.1, -0.05) is 56.3 Å². The summed E-state index contributed by atoms with van der Waals surface area (Å²) in [5, 5.41) is 4.33. The lowest BCUT2D eigenvalue weighted by Gasteiger charge is -2.21. The number of nitrogens with zero attached hydrogens (tertiary/aromatic N) is 2. The number of nitrogens with one attached hydrogen (secondary N) is 1. The first-order valence-electron chi connectivity index (χ1n) is 14.4. The molecule has 2 atom stereocenters. The van der Waals surface area contributed by atoms with Gasteiger partial charge in [0.15, 0.2) is 0 Å². The fraction of sp³-hybridized carbons (Fsp3) is 0.382. The summed E-state index contributed by atoms with van der Waals surface area (Å²) >= 11 is 0. The minimum absolute atomic E-state index is 0.0108. The van der Waals surface area contributed by atoms with Crippen molar-refractivity contribution in [1.29, 1.82) is 0 Å². The second-order valence-electron chi connectivity index (χ2n) is 10.5. The van der Waals surface area contributed by atoms with Crippen LogP contribution < -0.4 is 10.1 Å². The van der Waals surface area contributed by atoms with E-state index in [2.05, 4.69) is 66.0 Å². The van der Waals surface area contributed by atoms with Gasteiger partial charge >= 0.3 is 0 Å². The van der Waals surface area contributed by atoms with Crippen LogP contribution in [0.5, 0.6) is 5.75 Å². The number of hydrogen-bond donors (Lipinski definition) is 1. The van der Waals surface area contributed by atoms with E-state index in [0.717, 1.165) is 65.8 Å². The number of ether oxygens (including phenoxy) is 1. The molecule has 0 aliphatic heterocycles. The van der Waals surface area contributed by atoms with Gasteiger partial charge in [0, 0.05) is 42.0 Å². The Bertz CT molecular complexity index is 1360. The quantitative estimate of drug-likeness (QED) is 0.187. The van der Waals surface area contributed by atoms with Crippen LogP contribution in [0, 0.1) is 5.82 Å². The lowest BCUT2D eigenvalue weighted by Crippen LogP contribution is -2.34. The Morgan fingerprint density at radius 3 is 2.38 bits per heavy atom. The van der Waals surface area contributed by atoms with Crippen molar-refractivity contribution in [2.75, 3.05) is 26.7 Å². The maximum atomic E-state index is 13.9. The highest BCUT2D eigenvalue weighted by atomic mass is 19.1. The number of hydrogen-bond acceptors (Lipinski definition) is 3. The summed E-state index contributed by atoms with van der Waals surface area (Å²) in [6.07, 6.45) is 4.43. The summed E-state index contributed by atoms with van der Waals surface area (Å²) in [4.78, 5) is 15.8. The van der Waals surface area contributed by atoms with Crippen LogP contribution >= 0.6 is 0 Å². The van der Waals surface area contributed by atoms with Gasteiger partial charge in [-0.15, -0.1) is 0 Å². The van der Waals surface area contributed by atoms with E-state index in [9.17, 15) is 9.18 Å². The third kappa shape index (κ3) is 7.51. The molecule has 4 aromatic rings. The maximum Gasteiger partial charge on any atom is 0.221 e. The molecule has 1 aromatic heterocycles. The van der Waals surface area contributed by atoms with Gasteiger partial charge in [-0.25, -0.2) is 4.39 Å². The fourth-order valence-electron chi connectivity index (χ4n) is 5.47. The standard InChI is InChI=1S/C34H42FN3O2/c1-5-37(6-2)21-9-10-25(3)36-34(39)22-31(27-15-17-28(35)18-16-27)32-24-38(33-12-8-7-11-30(32)33)23-26-13-19-29(40-4)20-14-26/h7-8,11-20,24-25,31H,5-6,9-10,21-23H2,1-4H3,(H,36,39)/t25-,31+/m0/s1. The third-order valence-corrected chi connectivity index (χ3v) is 7.78. The number of carbonyl (C=O) groups excluding carboxylic acids is 1. The first kappa shape index (κ1) is 29.3. The second-order valence-corrected chi connectivity index (χ2v) is 10.5. The fourth-order valence-corrected chi connectivity index (χ4v) is 5.47. The molecule has 0 saturated carbocycles. The van der Waals surface area contributed by atoms with Crippen LogP contribution in [0.25, 0.3) is 10.9 Å².